The van der Waals surface area contributed by atoms with Crippen molar-refractivity contribution >= 4 is 17.0 Å². The van der Waals surface area contributed by atoms with E-state index in [1.165, 1.54) is 12.8 Å². The van der Waals surface area contributed by atoms with E-state index >= 15 is 0 Å². The molecule has 1 N–H and O–H groups in total. The molecule has 0 saturated heterocycles. The van der Waals surface area contributed by atoms with Crippen LogP contribution >= 0.6 is 0 Å². The third-order valence-electron chi connectivity index (χ3n) is 3.67. The molecule has 2 atom stereocenters. The van der Waals surface area contributed by atoms with Crippen LogP contribution in [0.3, 0.4) is 0 Å². The van der Waals surface area contributed by atoms with Gasteiger partial charge in [-0.1, -0.05) is 12.8 Å². The summed E-state index contributed by atoms with van der Waals surface area (Å²) in [6.07, 6.45) is 8.34. The first-order valence-electron chi connectivity index (χ1n) is 6.74. The van der Waals surface area contributed by atoms with E-state index in [0.29, 0.717) is 11.7 Å². The predicted molar refractivity (Wildman–Crippen MR) is 74.0 cm³/mol. The molecule has 19 heavy (non-hydrogen) atoms. The molecule has 5 nitrogen and oxygen atoms in total. The summed E-state index contributed by atoms with van der Waals surface area (Å²) < 4.78 is 5.55. The lowest BCUT2D eigenvalue weighted by Gasteiger charge is -2.31. The first-order chi connectivity index (χ1) is 9.36. The maximum Gasteiger partial charge on any atom is 0.180 e. The highest BCUT2D eigenvalue weighted by molar-refractivity contribution is 5.71. The van der Waals surface area contributed by atoms with E-state index in [0.717, 1.165) is 24.2 Å². The van der Waals surface area contributed by atoms with Crippen molar-refractivity contribution in [2.45, 2.75) is 37.8 Å². The average Bonchev–Trinajstić information content (AvgIpc) is 2.48. The van der Waals surface area contributed by atoms with Crippen molar-refractivity contribution in [3.63, 3.8) is 0 Å². The number of ether oxygens (including phenoxy) is 1. The molecule has 0 amide bonds. The quantitative estimate of drug-likeness (QED) is 0.916. The monoisotopic (exact) mass is 258 g/mol. The van der Waals surface area contributed by atoms with Crippen LogP contribution < -0.4 is 5.32 Å². The molecule has 100 valence electrons. The Morgan fingerprint density at radius 1 is 1.16 bits per heavy atom. The fourth-order valence-electron chi connectivity index (χ4n) is 2.67. The fraction of sp³-hybridized carbons (Fsp3) is 0.500. The minimum atomic E-state index is 0.271. The van der Waals surface area contributed by atoms with Gasteiger partial charge in [-0.15, -0.1) is 0 Å². The highest BCUT2D eigenvalue weighted by Gasteiger charge is 2.24. The van der Waals surface area contributed by atoms with Crippen molar-refractivity contribution in [3.05, 3.63) is 24.5 Å². The van der Waals surface area contributed by atoms with Crippen molar-refractivity contribution < 1.29 is 4.74 Å². The zero-order valence-electron chi connectivity index (χ0n) is 11.0. The molecule has 1 saturated carbocycles. The summed E-state index contributed by atoms with van der Waals surface area (Å²) in [5.41, 5.74) is 1.50. The van der Waals surface area contributed by atoms with Gasteiger partial charge in [-0.3, -0.25) is 4.98 Å². The molecule has 2 heterocycles. The number of nitrogens with one attached hydrogen (secondary N) is 1. The molecule has 2 aromatic heterocycles. The molecule has 2 aromatic rings. The van der Waals surface area contributed by atoms with Crippen molar-refractivity contribution in [1.29, 1.82) is 0 Å². The number of rotatable bonds is 3. The van der Waals surface area contributed by atoms with Crippen LogP contribution in [-0.2, 0) is 4.74 Å². The first-order valence-corrected chi connectivity index (χ1v) is 6.74. The summed E-state index contributed by atoms with van der Waals surface area (Å²) in [4.78, 5) is 12.9. The van der Waals surface area contributed by atoms with Gasteiger partial charge in [0.05, 0.1) is 12.1 Å². The van der Waals surface area contributed by atoms with Gasteiger partial charge in [-0.25, -0.2) is 9.97 Å². The minimum Gasteiger partial charge on any atom is -0.379 e. The van der Waals surface area contributed by atoms with Crippen molar-refractivity contribution in [3.8, 4) is 0 Å². The van der Waals surface area contributed by atoms with Crippen LogP contribution in [0.15, 0.2) is 24.5 Å². The van der Waals surface area contributed by atoms with Gasteiger partial charge in [-0.05, 0) is 25.0 Å². The van der Waals surface area contributed by atoms with Gasteiger partial charge in [0.15, 0.2) is 5.65 Å². The van der Waals surface area contributed by atoms with Gasteiger partial charge in [0, 0.05) is 19.5 Å². The van der Waals surface area contributed by atoms with Crippen LogP contribution in [-0.4, -0.2) is 34.2 Å². The van der Waals surface area contributed by atoms with E-state index in [1.807, 2.05) is 12.1 Å². The molecule has 0 aromatic carbocycles. The number of aromatic nitrogens is 3. The Morgan fingerprint density at radius 2 is 2.00 bits per heavy atom. The van der Waals surface area contributed by atoms with Crippen LogP contribution in [0.25, 0.3) is 11.2 Å². The summed E-state index contributed by atoms with van der Waals surface area (Å²) in [7, 11) is 1.78. The number of hydrogen-bond donors (Lipinski definition) is 1. The molecule has 0 aliphatic heterocycles. The highest BCUT2D eigenvalue weighted by Crippen LogP contribution is 2.24. The molecular formula is C14H18N4O. The Bertz CT molecular complexity index is 560. The maximum absolute atomic E-state index is 5.55. The number of anilines is 1. The van der Waals surface area contributed by atoms with Crippen LogP contribution in [0.5, 0.6) is 0 Å². The number of pyridine rings is 1. The van der Waals surface area contributed by atoms with E-state index < -0.39 is 0 Å². The van der Waals surface area contributed by atoms with Crippen molar-refractivity contribution in [1.82, 2.24) is 15.0 Å². The normalized spacial score (nSPS) is 23.4. The van der Waals surface area contributed by atoms with Gasteiger partial charge >= 0.3 is 0 Å². The topological polar surface area (TPSA) is 59.9 Å². The number of hydrogen-bond acceptors (Lipinski definition) is 5. The van der Waals surface area contributed by atoms with Crippen molar-refractivity contribution in [2.24, 2.45) is 0 Å². The van der Waals surface area contributed by atoms with Crippen LogP contribution in [0.4, 0.5) is 5.82 Å². The molecule has 0 unspecified atom stereocenters. The highest BCUT2D eigenvalue weighted by atomic mass is 16.5. The standard InChI is InChI=1S/C14H18N4O/c1-19-12-5-3-2-4-10(12)17-13-7-6-11-14(18-13)16-9-8-15-11/h6-10,12H,2-5H2,1H3,(H,16,17,18)/t10-,12-/m0/s1. The van der Waals surface area contributed by atoms with Gasteiger partial charge in [-0.2, -0.15) is 0 Å². The molecule has 0 radical (unpaired) electrons. The lowest BCUT2D eigenvalue weighted by atomic mass is 9.92. The van der Waals surface area contributed by atoms with Crippen LogP contribution in [0.1, 0.15) is 25.7 Å². The fourth-order valence-corrected chi connectivity index (χ4v) is 2.67. The van der Waals surface area contributed by atoms with E-state index in [-0.39, 0.29) is 6.10 Å². The largest absolute Gasteiger partial charge is 0.379 e. The second-order valence-electron chi connectivity index (χ2n) is 4.91. The summed E-state index contributed by atoms with van der Waals surface area (Å²) in [5.74, 6) is 0.849. The maximum atomic E-state index is 5.55. The van der Waals surface area contributed by atoms with Crippen LogP contribution in [0.2, 0.25) is 0 Å². The van der Waals surface area contributed by atoms with Gasteiger partial charge < -0.3 is 10.1 Å². The second-order valence-corrected chi connectivity index (χ2v) is 4.91. The Hall–Kier alpha value is -1.75. The minimum absolute atomic E-state index is 0.271. The molecular weight excluding hydrogens is 240 g/mol. The van der Waals surface area contributed by atoms with E-state index in [4.69, 9.17) is 4.74 Å². The predicted octanol–water partition coefficient (Wildman–Crippen LogP) is 2.39. The summed E-state index contributed by atoms with van der Waals surface area (Å²) in [6, 6.07) is 4.24. The summed E-state index contributed by atoms with van der Waals surface area (Å²) >= 11 is 0. The summed E-state index contributed by atoms with van der Waals surface area (Å²) in [6.45, 7) is 0. The first kappa shape index (κ1) is 12.3. The van der Waals surface area contributed by atoms with Crippen molar-refractivity contribution in [2.75, 3.05) is 12.4 Å². The number of nitrogens with zero attached hydrogens (tertiary/aromatic N) is 3. The molecule has 1 aliphatic carbocycles. The Morgan fingerprint density at radius 3 is 2.89 bits per heavy atom. The zero-order valence-corrected chi connectivity index (χ0v) is 11.0. The lowest BCUT2D eigenvalue weighted by Crippen LogP contribution is -2.38. The van der Waals surface area contributed by atoms with E-state index in [2.05, 4.69) is 20.3 Å². The number of methoxy groups -OCH3 is 1. The molecule has 3 rings (SSSR count). The molecule has 1 aliphatic rings. The zero-order chi connectivity index (χ0) is 13.1. The van der Waals surface area contributed by atoms with Gasteiger partial charge in [0.25, 0.3) is 0 Å². The van der Waals surface area contributed by atoms with Crippen LogP contribution in [0, 0.1) is 0 Å². The molecule has 0 bridgehead atoms. The SMILES string of the molecule is CO[C@H]1CCCC[C@@H]1Nc1ccc2nccnc2n1. The lowest BCUT2D eigenvalue weighted by molar-refractivity contribution is 0.0605. The Kier molecular flexibility index (Phi) is 3.55. The van der Waals surface area contributed by atoms with Gasteiger partial charge in [0.1, 0.15) is 11.3 Å². The smallest absolute Gasteiger partial charge is 0.180 e. The molecule has 0 spiro atoms. The molecule has 5 heteroatoms. The van der Waals surface area contributed by atoms with Gasteiger partial charge in [0.2, 0.25) is 0 Å². The summed E-state index contributed by atoms with van der Waals surface area (Å²) in [5, 5.41) is 3.47. The molecule has 1 fully saturated rings. The second kappa shape index (κ2) is 5.48. The average molecular weight is 258 g/mol. The Balaban J connectivity index is 1.80. The van der Waals surface area contributed by atoms with E-state index in [1.54, 1.807) is 19.5 Å². The van der Waals surface area contributed by atoms with E-state index in [9.17, 15) is 0 Å². The number of fused-ring (bicyclic) bond motifs is 1. The Labute approximate surface area is 112 Å². The third kappa shape index (κ3) is 2.66. The third-order valence-corrected chi connectivity index (χ3v) is 3.67.